The molecule has 1 aromatic carbocycles. The molecule has 1 aromatic rings. The Hall–Kier alpha value is -1.55. The number of carbonyl (C=O) groups is 1. The molecule has 0 saturated carbocycles. The molecule has 0 aliphatic heterocycles. The topological polar surface area (TPSA) is 49.6 Å². The normalized spacial score (nSPS) is 10.0. The number of nitrogens with zero attached hydrogens (tertiary/aromatic N) is 2. The summed E-state index contributed by atoms with van der Waals surface area (Å²) >= 11 is 0. The molecule has 0 bridgehead atoms. The van der Waals surface area contributed by atoms with Gasteiger partial charge in [0.25, 0.3) is 0 Å². The van der Waals surface area contributed by atoms with Crippen molar-refractivity contribution in [1.82, 2.24) is 4.90 Å². The molecule has 0 unspecified atom stereocenters. The smallest absolute Gasteiger partial charge is 0.241 e. The van der Waals surface area contributed by atoms with Crippen molar-refractivity contribution in [3.63, 3.8) is 0 Å². The van der Waals surface area contributed by atoms with E-state index in [1.165, 1.54) is 0 Å². The lowest BCUT2D eigenvalue weighted by Crippen LogP contribution is -2.34. The number of benzene rings is 1. The van der Waals surface area contributed by atoms with Crippen LogP contribution in [0.25, 0.3) is 0 Å². The van der Waals surface area contributed by atoms with Crippen LogP contribution in [0.5, 0.6) is 0 Å². The third-order valence-corrected chi connectivity index (χ3v) is 2.49. The minimum atomic E-state index is 0.0781. The Kier molecular flexibility index (Phi) is 4.31. The summed E-state index contributed by atoms with van der Waals surface area (Å²) in [6.45, 7) is 0.848. The van der Waals surface area contributed by atoms with E-state index in [4.69, 9.17) is 5.73 Å². The summed E-state index contributed by atoms with van der Waals surface area (Å²) in [5.41, 5.74) is 7.72. The second-order valence-electron chi connectivity index (χ2n) is 3.98. The summed E-state index contributed by atoms with van der Waals surface area (Å²) in [6.07, 6.45) is 0. The molecule has 1 rings (SSSR count). The molecule has 0 heterocycles. The van der Waals surface area contributed by atoms with Crippen molar-refractivity contribution in [2.24, 2.45) is 5.73 Å². The maximum atomic E-state index is 11.6. The third kappa shape index (κ3) is 2.97. The maximum absolute atomic E-state index is 11.6. The molecule has 16 heavy (non-hydrogen) atoms. The Morgan fingerprint density at radius 2 is 1.88 bits per heavy atom. The van der Waals surface area contributed by atoms with Gasteiger partial charge in [0, 0.05) is 33.4 Å². The Morgan fingerprint density at radius 1 is 1.25 bits per heavy atom. The summed E-state index contributed by atoms with van der Waals surface area (Å²) in [5, 5.41) is 0. The van der Waals surface area contributed by atoms with Crippen LogP contribution in [0, 0.1) is 0 Å². The lowest BCUT2D eigenvalue weighted by atomic mass is 10.1. The van der Waals surface area contributed by atoms with Gasteiger partial charge in [0.1, 0.15) is 0 Å². The van der Waals surface area contributed by atoms with Gasteiger partial charge in [-0.25, -0.2) is 0 Å². The lowest BCUT2D eigenvalue weighted by molar-refractivity contribution is -0.127. The standard InChI is InChI=1S/C12H19N3O/c1-14(2)12(16)9-15(3)11-7-5-4-6-10(11)8-13/h4-7H,8-9,13H2,1-3H3. The first-order chi connectivity index (χ1) is 7.56. The first-order valence-electron chi connectivity index (χ1n) is 5.25. The highest BCUT2D eigenvalue weighted by molar-refractivity contribution is 5.81. The Morgan fingerprint density at radius 3 is 2.44 bits per heavy atom. The molecule has 0 aromatic heterocycles. The van der Waals surface area contributed by atoms with Gasteiger partial charge in [-0.3, -0.25) is 4.79 Å². The van der Waals surface area contributed by atoms with Crippen LogP contribution < -0.4 is 10.6 Å². The van der Waals surface area contributed by atoms with E-state index in [0.717, 1.165) is 11.3 Å². The van der Waals surface area contributed by atoms with E-state index in [1.807, 2.05) is 36.2 Å². The number of rotatable bonds is 4. The van der Waals surface area contributed by atoms with Gasteiger partial charge in [-0.2, -0.15) is 0 Å². The molecule has 2 N–H and O–H groups in total. The second kappa shape index (κ2) is 5.51. The number of hydrogen-bond donors (Lipinski definition) is 1. The van der Waals surface area contributed by atoms with Crippen LogP contribution in [0.15, 0.2) is 24.3 Å². The fraction of sp³-hybridized carbons (Fsp3) is 0.417. The third-order valence-electron chi connectivity index (χ3n) is 2.49. The minimum Gasteiger partial charge on any atom is -0.365 e. The Balaban J connectivity index is 2.80. The van der Waals surface area contributed by atoms with Crippen LogP contribution in [0.3, 0.4) is 0 Å². The van der Waals surface area contributed by atoms with Gasteiger partial charge in [-0.05, 0) is 11.6 Å². The summed E-state index contributed by atoms with van der Waals surface area (Å²) in [7, 11) is 5.41. The maximum Gasteiger partial charge on any atom is 0.241 e. The Bertz CT molecular complexity index is 363. The van der Waals surface area contributed by atoms with E-state index >= 15 is 0 Å². The number of amides is 1. The van der Waals surface area contributed by atoms with Crippen molar-refractivity contribution in [3.8, 4) is 0 Å². The number of hydrogen-bond acceptors (Lipinski definition) is 3. The molecule has 0 fully saturated rings. The van der Waals surface area contributed by atoms with E-state index in [0.29, 0.717) is 13.1 Å². The molecule has 0 spiro atoms. The number of anilines is 1. The summed E-state index contributed by atoms with van der Waals surface area (Å²) in [6, 6.07) is 7.86. The quantitative estimate of drug-likeness (QED) is 0.813. The summed E-state index contributed by atoms with van der Waals surface area (Å²) in [4.78, 5) is 15.1. The van der Waals surface area contributed by atoms with Crippen molar-refractivity contribution in [1.29, 1.82) is 0 Å². The van der Waals surface area contributed by atoms with Crippen LogP contribution in [-0.2, 0) is 11.3 Å². The highest BCUT2D eigenvalue weighted by atomic mass is 16.2. The Labute approximate surface area is 96.6 Å². The monoisotopic (exact) mass is 221 g/mol. The summed E-state index contributed by atoms with van der Waals surface area (Å²) in [5.74, 6) is 0.0781. The number of carbonyl (C=O) groups excluding carboxylic acids is 1. The highest BCUT2D eigenvalue weighted by Crippen LogP contribution is 2.18. The van der Waals surface area contributed by atoms with Gasteiger partial charge in [-0.15, -0.1) is 0 Å². The van der Waals surface area contributed by atoms with Crippen LogP contribution in [0.4, 0.5) is 5.69 Å². The van der Waals surface area contributed by atoms with Gasteiger partial charge in [0.05, 0.1) is 6.54 Å². The van der Waals surface area contributed by atoms with Gasteiger partial charge < -0.3 is 15.5 Å². The molecule has 4 heteroatoms. The van der Waals surface area contributed by atoms with Crippen LogP contribution in [0.1, 0.15) is 5.56 Å². The van der Waals surface area contributed by atoms with E-state index in [1.54, 1.807) is 19.0 Å². The SMILES string of the molecule is CN(C)C(=O)CN(C)c1ccccc1CN. The van der Waals surface area contributed by atoms with Crippen molar-refractivity contribution < 1.29 is 4.79 Å². The second-order valence-corrected chi connectivity index (χ2v) is 3.98. The molecule has 88 valence electrons. The molecule has 0 aliphatic carbocycles. The molecular formula is C12H19N3O. The van der Waals surface area contributed by atoms with Crippen molar-refractivity contribution >= 4 is 11.6 Å². The molecule has 0 atom stereocenters. The van der Waals surface area contributed by atoms with E-state index < -0.39 is 0 Å². The van der Waals surface area contributed by atoms with Crippen molar-refractivity contribution in [2.45, 2.75) is 6.54 Å². The molecule has 4 nitrogen and oxygen atoms in total. The molecule has 0 radical (unpaired) electrons. The van der Waals surface area contributed by atoms with Crippen molar-refractivity contribution in [2.75, 3.05) is 32.6 Å². The summed E-state index contributed by atoms with van der Waals surface area (Å²) < 4.78 is 0. The highest BCUT2D eigenvalue weighted by Gasteiger charge is 2.11. The van der Waals surface area contributed by atoms with Gasteiger partial charge in [0.15, 0.2) is 0 Å². The molecule has 1 amide bonds. The van der Waals surface area contributed by atoms with E-state index in [9.17, 15) is 4.79 Å². The van der Waals surface area contributed by atoms with Crippen LogP contribution in [-0.4, -0.2) is 38.5 Å². The van der Waals surface area contributed by atoms with Gasteiger partial charge in [0.2, 0.25) is 5.91 Å². The molecule has 0 saturated heterocycles. The van der Waals surface area contributed by atoms with Crippen LogP contribution >= 0.6 is 0 Å². The largest absolute Gasteiger partial charge is 0.365 e. The predicted octanol–water partition coefficient (Wildman–Crippen LogP) is 0.670. The first kappa shape index (κ1) is 12.5. The van der Waals surface area contributed by atoms with Crippen molar-refractivity contribution in [3.05, 3.63) is 29.8 Å². The fourth-order valence-electron chi connectivity index (χ4n) is 1.49. The fourth-order valence-corrected chi connectivity index (χ4v) is 1.49. The van der Waals surface area contributed by atoms with Gasteiger partial charge in [-0.1, -0.05) is 18.2 Å². The number of para-hydroxylation sites is 1. The average molecular weight is 221 g/mol. The first-order valence-corrected chi connectivity index (χ1v) is 5.25. The zero-order chi connectivity index (χ0) is 12.1. The number of likely N-dealkylation sites (N-methyl/N-ethyl adjacent to an activating group) is 2. The predicted molar refractivity (Wildman–Crippen MR) is 66.3 cm³/mol. The average Bonchev–Trinajstić information content (AvgIpc) is 2.28. The molecule has 0 aliphatic rings. The molecular weight excluding hydrogens is 202 g/mol. The van der Waals surface area contributed by atoms with Crippen LogP contribution in [0.2, 0.25) is 0 Å². The lowest BCUT2D eigenvalue weighted by Gasteiger charge is -2.23. The zero-order valence-corrected chi connectivity index (χ0v) is 10.1. The number of nitrogens with two attached hydrogens (primary N) is 1. The van der Waals surface area contributed by atoms with E-state index in [2.05, 4.69) is 0 Å². The van der Waals surface area contributed by atoms with E-state index in [-0.39, 0.29) is 5.91 Å². The van der Waals surface area contributed by atoms with Gasteiger partial charge >= 0.3 is 0 Å². The zero-order valence-electron chi connectivity index (χ0n) is 10.1. The minimum absolute atomic E-state index is 0.0781.